The molecular weight excluding hydrogens is 1990 g/mol. The third-order valence-electron chi connectivity index (χ3n) is 23.0. The van der Waals surface area contributed by atoms with Gasteiger partial charge in [-0.25, -0.2) is 24.2 Å². The molecule has 0 saturated heterocycles. The van der Waals surface area contributed by atoms with Crippen LogP contribution in [-0.4, -0.2) is 121 Å². The predicted octanol–water partition coefficient (Wildman–Crippen LogP) is 23.6. The summed E-state index contributed by atoms with van der Waals surface area (Å²) < 4.78 is 44.6. The first-order valence-corrected chi connectivity index (χ1v) is 44.6. The Bertz CT molecular complexity index is 8270. The molecule has 0 aromatic heterocycles. The van der Waals surface area contributed by atoms with Crippen LogP contribution in [0.15, 0.2) is 314 Å². The van der Waals surface area contributed by atoms with E-state index < -0.39 is 29.3 Å². The van der Waals surface area contributed by atoms with Crippen molar-refractivity contribution in [2.45, 2.75) is 18.8 Å². The van der Waals surface area contributed by atoms with Crippen LogP contribution in [0.2, 0.25) is 20.1 Å². The number of nitrogens with one attached hydrogen (secondary N) is 1. The fourth-order valence-electron chi connectivity index (χ4n) is 16.7. The van der Waals surface area contributed by atoms with Crippen molar-refractivity contribution in [1.29, 1.82) is 5.41 Å². The molecule has 0 fully saturated rings. The molecule has 1 amide bonds. The van der Waals surface area contributed by atoms with E-state index in [1.165, 1.54) is 117 Å². The summed E-state index contributed by atoms with van der Waals surface area (Å²) in [4.78, 5) is 88.9. The van der Waals surface area contributed by atoms with Gasteiger partial charge in [0.15, 0.2) is 28.3 Å². The molecule has 39 heteroatoms. The molecule has 0 saturated carbocycles. The number of fused-ring (bicyclic) bond motifs is 12. The molecule has 6 aliphatic heterocycles. The molecule has 0 spiro atoms. The maximum Gasteiger partial charge on any atom is 0.338 e. The minimum absolute atomic E-state index is 0.0176. The molecule has 0 atom stereocenters. The number of carboxylic acid groups (broad SMARTS) is 2. The Hall–Kier alpha value is -18.3. The maximum absolute atomic E-state index is 12.3. The van der Waals surface area contributed by atoms with Crippen molar-refractivity contribution in [1.82, 2.24) is 4.98 Å². The van der Waals surface area contributed by atoms with Crippen molar-refractivity contribution in [3.05, 3.63) is 393 Å². The van der Waals surface area contributed by atoms with Gasteiger partial charge in [-0.1, -0.05) is 131 Å². The molecule has 22 rings (SSSR count). The molecule has 0 bridgehead atoms. The quantitative estimate of drug-likeness (QED) is 0.0221. The highest BCUT2D eigenvalue weighted by Gasteiger charge is 2.37. The number of phenolic OH excluding ortho intramolecular Hbond substituents is 6. The molecule has 0 unspecified atom stereocenters. The number of rotatable bonds is 8. The first-order valence-electron chi connectivity index (χ1n) is 43.0. The number of anilines is 5. The number of ether oxygens (including phenoxy) is 5. The van der Waals surface area contributed by atoms with Crippen molar-refractivity contribution in [3.63, 3.8) is 0 Å². The lowest BCUT2D eigenvalue weighted by atomic mass is 9.80. The van der Waals surface area contributed by atoms with Crippen molar-refractivity contribution in [2.24, 2.45) is 0 Å². The Kier molecular flexibility index (Phi) is 32.2. The number of esters is 2. The molecule has 744 valence electrons. The van der Waals surface area contributed by atoms with Crippen LogP contribution in [-0.2, 0) is 14.3 Å². The highest BCUT2D eigenvalue weighted by atomic mass is 35.5. The standard InChI is InChI=1S/C21H18N2O3.C21H16N2O3.C20H12Cl2O5.C20H10Cl2O5.C14H11NO4.C12H7NO3.3H2O2/c2*1-25-21(24)15-5-3-2-4-14(15)20-16-8-6-12(22)10-18(16)26-19-11-13(23)7-9-17(19)20;2*21-13-5-11-17(7-15(13)23)27-18-8-16(24)14(22)6-12(18)19(11)9-3-1-2-4-10(9)20(25)26;1-8(16)15-11-4-2-9(17)6-13(11)19-14-7-10(18)3-5-12(14)15;14-7-1-3-9-11(5-7)16-12-6-8(15)2-4-10(12)13-9;3*1-2/h2-11,20H,22-23H2,1H3;2-11,22H,23H2,1H3;1-8,19,23-24H,(H,25,26);1-8,23H,(H,25,26);2-7,17-18H,1H3;1-6,14H;3*1-2H. The lowest BCUT2D eigenvalue weighted by Gasteiger charge is -2.30. The number of methoxy groups -OCH3 is 2. The van der Waals surface area contributed by atoms with Gasteiger partial charge >= 0.3 is 23.9 Å². The Morgan fingerprint density at radius 2 is 0.810 bits per heavy atom. The molecule has 13 aromatic rings. The summed E-state index contributed by atoms with van der Waals surface area (Å²) in [6.07, 6.45) is 0. The van der Waals surface area contributed by atoms with Crippen LogP contribution in [0.5, 0.6) is 69.0 Å². The Morgan fingerprint density at radius 3 is 1.37 bits per heavy atom. The smallest absolute Gasteiger partial charge is 0.338 e. The van der Waals surface area contributed by atoms with E-state index in [1.54, 1.807) is 133 Å². The predicted molar refractivity (Wildman–Crippen MR) is 548 cm³/mol. The largest absolute Gasteiger partial charge is 0.508 e. The van der Waals surface area contributed by atoms with Crippen LogP contribution in [0.3, 0.4) is 0 Å². The monoisotopic (exact) mass is 2060 g/mol. The number of carbonyl (C=O) groups is 5. The molecule has 3 aliphatic carbocycles. The number of nitrogen functional groups attached to an aromatic ring is 3. The van der Waals surface area contributed by atoms with E-state index in [2.05, 4.69) is 4.98 Å². The summed E-state index contributed by atoms with van der Waals surface area (Å²) in [7, 11) is 2.75. The van der Waals surface area contributed by atoms with Crippen LogP contribution in [0.25, 0.3) is 89.4 Å². The topological polar surface area (TPSA) is 606 Å². The van der Waals surface area contributed by atoms with Gasteiger partial charge in [0.25, 0.3) is 0 Å². The van der Waals surface area contributed by atoms with Crippen LogP contribution < -0.4 is 52.5 Å². The zero-order chi connectivity index (χ0) is 106. The summed E-state index contributed by atoms with van der Waals surface area (Å²) in [6, 6.07) is 79.0. The van der Waals surface area contributed by atoms with Gasteiger partial charge in [0.05, 0.1) is 73.3 Å². The second-order valence-electron chi connectivity index (χ2n) is 32.0. The highest BCUT2D eigenvalue weighted by Crippen LogP contribution is 2.56. The van der Waals surface area contributed by atoms with E-state index in [4.69, 9.17) is 137 Å². The molecule has 9 aliphatic rings. The lowest BCUT2D eigenvalue weighted by molar-refractivity contribution is -0.176. The third kappa shape index (κ3) is 22.2. The number of nitrogens with zero attached hydrogens (tertiary/aromatic N) is 2. The van der Waals surface area contributed by atoms with E-state index in [0.29, 0.717) is 152 Å². The highest BCUT2D eigenvalue weighted by molar-refractivity contribution is 6.34. The van der Waals surface area contributed by atoms with Gasteiger partial charge in [0.2, 0.25) is 11.3 Å². The van der Waals surface area contributed by atoms with E-state index in [-0.39, 0.29) is 100 Å². The summed E-state index contributed by atoms with van der Waals surface area (Å²) in [5, 5.41) is 123. The average Bonchev–Trinajstić information content (AvgIpc) is 0.763. The third-order valence-corrected chi connectivity index (χ3v) is 24.2. The molecule has 13 aromatic carbocycles. The minimum Gasteiger partial charge on any atom is -0.508 e. The van der Waals surface area contributed by atoms with Crippen LogP contribution in [0.4, 0.5) is 28.4 Å². The van der Waals surface area contributed by atoms with E-state index in [9.17, 15) is 74.4 Å². The molecule has 35 nitrogen and oxygen atoms in total. The number of aromatic carboxylic acids is 2. The number of aromatic nitrogens is 1. The summed E-state index contributed by atoms with van der Waals surface area (Å²) in [5.41, 5.74) is 32.1. The van der Waals surface area contributed by atoms with E-state index >= 15 is 0 Å². The number of halogens is 4. The van der Waals surface area contributed by atoms with Crippen LogP contribution in [0, 0.1) is 5.41 Å². The molecule has 147 heavy (non-hydrogen) atoms. The molecule has 6 heterocycles. The second kappa shape index (κ2) is 45.3. The van der Waals surface area contributed by atoms with Gasteiger partial charge in [-0.05, 0) is 156 Å². The van der Waals surface area contributed by atoms with E-state index in [0.717, 1.165) is 38.8 Å². The zero-order valence-electron chi connectivity index (χ0n) is 76.4. The van der Waals surface area contributed by atoms with Crippen molar-refractivity contribution >= 4 is 138 Å². The number of carbonyl (C=O) groups excluding carboxylic acids is 3. The Morgan fingerprint density at radius 1 is 0.367 bits per heavy atom. The van der Waals surface area contributed by atoms with Gasteiger partial charge in [-0.3, -0.25) is 50.8 Å². The Labute approximate surface area is 849 Å². The van der Waals surface area contributed by atoms with Crippen molar-refractivity contribution in [2.75, 3.05) is 36.3 Å². The number of carboxylic acids is 2. The van der Waals surface area contributed by atoms with Crippen molar-refractivity contribution < 1.29 is 133 Å². The first kappa shape index (κ1) is 105. The average molecular weight is 2070 g/mol. The lowest BCUT2D eigenvalue weighted by Crippen LogP contribution is -2.25. The minimum atomic E-state index is -1.11. The van der Waals surface area contributed by atoms with Gasteiger partial charge in [-0.2, -0.15) is 0 Å². The summed E-state index contributed by atoms with van der Waals surface area (Å²) in [5.74, 6) is -0.326. The van der Waals surface area contributed by atoms with Crippen LogP contribution >= 0.6 is 46.4 Å². The molecular formula is C108H80Cl4N6O29. The number of benzene rings is 16. The van der Waals surface area contributed by atoms with Gasteiger partial charge in [0.1, 0.15) is 91.4 Å². The fourth-order valence-corrected chi connectivity index (χ4v) is 17.4. The molecule has 0 radical (unpaired) electrons. The number of hydrogen-bond donors (Lipinski definition) is 18. The first-order chi connectivity index (χ1) is 70.7. The number of aromatic hydroxyl groups is 6. The molecule has 21 N–H and O–H groups in total. The number of nitrogens with two attached hydrogens (primary N) is 3. The number of hydrogen-bond acceptors (Lipinski definition) is 32. The normalized spacial score (nSPS) is 11.5. The Balaban J connectivity index is 0.000000139. The van der Waals surface area contributed by atoms with Crippen LogP contribution in [0.1, 0.15) is 93.6 Å². The summed E-state index contributed by atoms with van der Waals surface area (Å²) in [6.45, 7) is 1.44. The second-order valence-corrected chi connectivity index (χ2v) is 33.6. The number of phenols is 6. The summed E-state index contributed by atoms with van der Waals surface area (Å²) >= 11 is 24.3. The van der Waals surface area contributed by atoms with Gasteiger partial charge in [0, 0.05) is 164 Å². The van der Waals surface area contributed by atoms with Gasteiger partial charge in [-0.15, -0.1) is 0 Å². The SMILES string of the molecule is CC(=O)N1c2ccc(O)cc2Oc2cc(O)ccc21.COC(=O)c1ccccc1-c1c2ccc(=N)cc-2oc2cc(N)ccc12.COC(=O)c1ccccc1C1c2ccc(N)cc2Oc2cc(N)ccc21.O=C(O)c1ccccc1-c1c2cc(Cl)c(=O)cc-2oc2cc(O)c(Cl)cc12.O=C(O)c1ccccc1C1c2cc(Cl)c(O)cc2Oc2cc(O)c(Cl)cc21.O=c1ccc2nc3ccc(O)cc3oc-2c1.OO.OO.OO. The fraction of sp³-hybridized carbons (Fsp3) is 0.0463. The number of amides is 1. The van der Waals surface area contributed by atoms with Gasteiger partial charge < -0.3 is 100 Å². The van der Waals surface area contributed by atoms with Crippen molar-refractivity contribution in [3.8, 4) is 125 Å². The van der Waals surface area contributed by atoms with E-state index in [1.807, 2.05) is 66.7 Å². The zero-order valence-corrected chi connectivity index (χ0v) is 79.4. The maximum atomic E-state index is 12.3.